The Morgan fingerprint density at radius 3 is 2.44 bits per heavy atom. The molecule has 32 heavy (non-hydrogen) atoms. The highest BCUT2D eigenvalue weighted by Gasteiger charge is 2.33. The molecule has 2 aromatic carbocycles. The van der Waals surface area contributed by atoms with Crippen LogP contribution in [0.4, 0.5) is 24.5 Å². The monoisotopic (exact) mass is 445 g/mol. The molecule has 174 valence electrons. The largest absolute Gasteiger partial charge is 0.416 e. The molecule has 0 aromatic heterocycles. The van der Waals surface area contributed by atoms with E-state index in [4.69, 9.17) is 0 Å². The van der Waals surface area contributed by atoms with Crippen LogP contribution in [-0.4, -0.2) is 44.7 Å². The zero-order valence-electron chi connectivity index (χ0n) is 18.9. The third-order valence-corrected chi connectivity index (χ3v) is 6.97. The second-order valence-corrected chi connectivity index (χ2v) is 9.18. The smallest absolute Gasteiger partial charge is 0.341 e. The van der Waals surface area contributed by atoms with Crippen LogP contribution in [0.1, 0.15) is 48.8 Å². The Hall–Kier alpha value is -2.05. The van der Waals surface area contributed by atoms with Crippen LogP contribution in [-0.2, 0) is 12.6 Å². The van der Waals surface area contributed by atoms with E-state index in [0.717, 1.165) is 55.3 Å². The molecule has 0 bridgehead atoms. The SMILES string of the molecule is CNCCCN1CCC(CCCN2c3ccccc3Cc3ccc(C(F)(F)F)cc32)CC1. The quantitative estimate of drug-likeness (QED) is 0.514. The van der Waals surface area contributed by atoms with Gasteiger partial charge in [0, 0.05) is 24.3 Å². The van der Waals surface area contributed by atoms with E-state index in [2.05, 4.69) is 21.2 Å². The van der Waals surface area contributed by atoms with Crippen LogP contribution in [0.15, 0.2) is 42.5 Å². The fourth-order valence-corrected chi connectivity index (χ4v) is 5.16. The van der Waals surface area contributed by atoms with Crippen molar-refractivity contribution < 1.29 is 13.2 Å². The topological polar surface area (TPSA) is 18.5 Å². The van der Waals surface area contributed by atoms with E-state index in [1.54, 1.807) is 6.07 Å². The summed E-state index contributed by atoms with van der Waals surface area (Å²) >= 11 is 0. The predicted octanol–water partition coefficient (Wildman–Crippen LogP) is 5.85. The van der Waals surface area contributed by atoms with Crippen LogP contribution in [0, 0.1) is 5.92 Å². The van der Waals surface area contributed by atoms with Crippen molar-refractivity contribution in [3.63, 3.8) is 0 Å². The minimum atomic E-state index is -4.32. The van der Waals surface area contributed by atoms with E-state index < -0.39 is 11.7 Å². The maximum atomic E-state index is 13.4. The number of piperidine rings is 1. The summed E-state index contributed by atoms with van der Waals surface area (Å²) in [6.45, 7) is 5.32. The number of hydrogen-bond acceptors (Lipinski definition) is 3. The molecule has 0 radical (unpaired) electrons. The minimum Gasteiger partial charge on any atom is -0.341 e. The van der Waals surface area contributed by atoms with Crippen LogP contribution >= 0.6 is 0 Å². The van der Waals surface area contributed by atoms with Gasteiger partial charge in [-0.15, -0.1) is 0 Å². The van der Waals surface area contributed by atoms with Gasteiger partial charge in [0.2, 0.25) is 0 Å². The first-order chi connectivity index (χ1) is 15.5. The summed E-state index contributed by atoms with van der Waals surface area (Å²) in [5.74, 6) is 0.719. The Morgan fingerprint density at radius 1 is 0.938 bits per heavy atom. The highest BCUT2D eigenvalue weighted by atomic mass is 19.4. The fraction of sp³-hybridized carbons (Fsp3) is 0.538. The second kappa shape index (κ2) is 10.3. The Bertz CT molecular complexity index is 888. The molecule has 1 fully saturated rings. The Morgan fingerprint density at radius 2 is 1.69 bits per heavy atom. The molecule has 1 saturated heterocycles. The highest BCUT2D eigenvalue weighted by Crippen LogP contribution is 2.42. The van der Waals surface area contributed by atoms with Crippen molar-refractivity contribution in [2.75, 3.05) is 44.7 Å². The summed E-state index contributed by atoms with van der Waals surface area (Å²) in [5.41, 5.74) is 3.38. The Kier molecular flexibility index (Phi) is 7.41. The maximum Gasteiger partial charge on any atom is 0.416 e. The maximum absolute atomic E-state index is 13.4. The highest BCUT2D eigenvalue weighted by molar-refractivity contribution is 5.74. The minimum absolute atomic E-state index is 0.564. The van der Waals surface area contributed by atoms with Gasteiger partial charge in [-0.05, 0) is 101 Å². The number of fused-ring (bicyclic) bond motifs is 2. The first-order valence-electron chi connectivity index (χ1n) is 11.9. The molecule has 1 N–H and O–H groups in total. The van der Waals surface area contributed by atoms with Crippen molar-refractivity contribution in [1.29, 1.82) is 0 Å². The van der Waals surface area contributed by atoms with Crippen molar-refractivity contribution >= 4 is 11.4 Å². The van der Waals surface area contributed by atoms with Gasteiger partial charge in [-0.3, -0.25) is 0 Å². The number of likely N-dealkylation sites (tertiary alicyclic amines) is 1. The molecule has 0 atom stereocenters. The van der Waals surface area contributed by atoms with E-state index in [0.29, 0.717) is 6.42 Å². The molecule has 0 saturated carbocycles. The first-order valence-corrected chi connectivity index (χ1v) is 11.9. The molecule has 3 nitrogen and oxygen atoms in total. The van der Waals surface area contributed by atoms with Gasteiger partial charge in [0.15, 0.2) is 0 Å². The lowest BCUT2D eigenvalue weighted by molar-refractivity contribution is -0.137. The average Bonchev–Trinajstić information content (AvgIpc) is 2.79. The van der Waals surface area contributed by atoms with Crippen molar-refractivity contribution in [3.05, 3.63) is 59.2 Å². The van der Waals surface area contributed by atoms with Gasteiger partial charge < -0.3 is 15.1 Å². The molecular formula is C26H34F3N3. The van der Waals surface area contributed by atoms with E-state index in [9.17, 15) is 13.2 Å². The zero-order chi connectivity index (χ0) is 22.6. The van der Waals surface area contributed by atoms with Gasteiger partial charge in [-0.2, -0.15) is 13.2 Å². The van der Waals surface area contributed by atoms with Crippen LogP contribution in [0.25, 0.3) is 0 Å². The van der Waals surface area contributed by atoms with Crippen molar-refractivity contribution in [2.24, 2.45) is 5.92 Å². The molecule has 2 heterocycles. The van der Waals surface area contributed by atoms with Gasteiger partial charge in [0.25, 0.3) is 0 Å². The number of benzene rings is 2. The Balaban J connectivity index is 1.39. The zero-order valence-corrected chi connectivity index (χ0v) is 18.9. The summed E-state index contributed by atoms with van der Waals surface area (Å²) in [4.78, 5) is 4.68. The number of alkyl halides is 3. The van der Waals surface area contributed by atoms with Crippen LogP contribution in [0.2, 0.25) is 0 Å². The lowest BCUT2D eigenvalue weighted by Crippen LogP contribution is -2.35. The lowest BCUT2D eigenvalue weighted by atomic mass is 9.91. The summed E-state index contributed by atoms with van der Waals surface area (Å²) in [6.07, 6.45) is 2.14. The number of halogens is 3. The van der Waals surface area contributed by atoms with Gasteiger partial charge in [0.05, 0.1) is 5.56 Å². The standard InChI is InChI=1S/C26H34F3N3/c1-30-13-5-14-31-16-11-20(12-17-31)6-4-15-32-24-8-3-2-7-21(24)18-22-9-10-23(19-25(22)32)26(27,28)29/h2-3,7-10,19-20,30H,4-6,11-18H2,1H3. The van der Waals surface area contributed by atoms with Crippen molar-refractivity contribution in [3.8, 4) is 0 Å². The molecule has 2 aliphatic heterocycles. The molecular weight excluding hydrogens is 411 g/mol. The summed E-state index contributed by atoms with van der Waals surface area (Å²) in [6, 6.07) is 12.3. The first kappa shape index (κ1) is 23.1. The number of rotatable bonds is 8. The van der Waals surface area contributed by atoms with Gasteiger partial charge in [0.1, 0.15) is 0 Å². The van der Waals surface area contributed by atoms with Gasteiger partial charge >= 0.3 is 6.18 Å². The molecule has 6 heteroatoms. The van der Waals surface area contributed by atoms with E-state index in [1.165, 1.54) is 50.0 Å². The van der Waals surface area contributed by atoms with Gasteiger partial charge in [-0.25, -0.2) is 0 Å². The third-order valence-electron chi connectivity index (χ3n) is 6.97. The van der Waals surface area contributed by atoms with Gasteiger partial charge in [-0.1, -0.05) is 24.3 Å². The molecule has 0 unspecified atom stereocenters. The average molecular weight is 446 g/mol. The lowest BCUT2D eigenvalue weighted by Gasteiger charge is -2.35. The molecule has 0 spiro atoms. The van der Waals surface area contributed by atoms with Crippen molar-refractivity contribution in [2.45, 2.75) is 44.7 Å². The number of anilines is 2. The third kappa shape index (κ3) is 5.46. The van der Waals surface area contributed by atoms with Crippen LogP contribution < -0.4 is 10.2 Å². The Labute approximate surface area is 189 Å². The number of nitrogens with zero attached hydrogens (tertiary/aromatic N) is 2. The predicted molar refractivity (Wildman–Crippen MR) is 125 cm³/mol. The summed E-state index contributed by atoms with van der Waals surface area (Å²) < 4.78 is 40.1. The summed E-state index contributed by atoms with van der Waals surface area (Å²) in [7, 11) is 2.00. The normalized spacial score (nSPS) is 17.3. The van der Waals surface area contributed by atoms with Crippen molar-refractivity contribution in [1.82, 2.24) is 10.2 Å². The molecule has 0 amide bonds. The second-order valence-electron chi connectivity index (χ2n) is 9.18. The van der Waals surface area contributed by atoms with E-state index >= 15 is 0 Å². The van der Waals surface area contributed by atoms with Crippen LogP contribution in [0.3, 0.4) is 0 Å². The molecule has 4 rings (SSSR count). The van der Waals surface area contributed by atoms with E-state index in [-0.39, 0.29) is 0 Å². The molecule has 2 aromatic rings. The number of nitrogens with one attached hydrogen (secondary N) is 1. The summed E-state index contributed by atoms with van der Waals surface area (Å²) in [5, 5.41) is 3.21. The molecule has 2 aliphatic rings. The number of hydrogen-bond donors (Lipinski definition) is 1. The van der Waals surface area contributed by atoms with Crippen LogP contribution in [0.5, 0.6) is 0 Å². The fourth-order valence-electron chi connectivity index (χ4n) is 5.16. The number of para-hydroxylation sites is 1. The molecule has 0 aliphatic carbocycles. The van der Waals surface area contributed by atoms with E-state index in [1.807, 2.05) is 25.2 Å².